The van der Waals surface area contributed by atoms with Crippen molar-refractivity contribution in [1.29, 1.82) is 0 Å². The Morgan fingerprint density at radius 3 is 2.19 bits per heavy atom. The average molecular weight is 307 g/mol. The number of hydrogen-bond acceptors (Lipinski definition) is 4. The first-order valence-electron chi connectivity index (χ1n) is 6.87. The molecule has 0 spiro atoms. The van der Waals surface area contributed by atoms with E-state index in [2.05, 4.69) is 0 Å². The van der Waals surface area contributed by atoms with Crippen molar-refractivity contribution in [1.82, 2.24) is 4.90 Å². The van der Waals surface area contributed by atoms with Crippen molar-refractivity contribution >= 4 is 15.6 Å². The van der Waals surface area contributed by atoms with Gasteiger partial charge in [-0.2, -0.15) is 0 Å². The van der Waals surface area contributed by atoms with Crippen LogP contribution in [0.4, 0.5) is 0 Å². The van der Waals surface area contributed by atoms with Gasteiger partial charge in [0.25, 0.3) is 0 Å². The van der Waals surface area contributed by atoms with E-state index in [1.165, 1.54) is 25.1 Å². The van der Waals surface area contributed by atoms with Gasteiger partial charge in [-0.3, -0.25) is 4.79 Å². The molecule has 1 aromatic carbocycles. The Morgan fingerprint density at radius 2 is 1.71 bits per heavy atom. The largest absolute Gasteiger partial charge is 0.378 e. The Bertz CT molecular complexity index is 627. The van der Waals surface area contributed by atoms with E-state index in [1.54, 1.807) is 30.5 Å². The third-order valence-electron chi connectivity index (χ3n) is 3.05. The fourth-order valence-electron chi connectivity index (χ4n) is 1.81. The lowest BCUT2D eigenvalue weighted by Crippen LogP contribution is -2.15. The van der Waals surface area contributed by atoms with Crippen LogP contribution in [0.1, 0.15) is 20.8 Å². The second-order valence-corrected chi connectivity index (χ2v) is 6.38. The summed E-state index contributed by atoms with van der Waals surface area (Å²) in [6, 6.07) is 7.98. The summed E-state index contributed by atoms with van der Waals surface area (Å²) in [5, 5.41) is 0. The highest BCUT2D eigenvalue weighted by molar-refractivity contribution is 7.96. The average Bonchev–Trinajstić information content (AvgIpc) is 2.47. The summed E-state index contributed by atoms with van der Waals surface area (Å²) in [5.41, 5.74) is 0. The number of Topliss-reactive ketones (excluding diaryl/α,β-unsaturated/α-hetero) is 1. The molecule has 0 aromatic heterocycles. The molecule has 0 atom stereocenters. The number of ketones is 1. The van der Waals surface area contributed by atoms with Crippen LogP contribution in [0, 0.1) is 0 Å². The van der Waals surface area contributed by atoms with Gasteiger partial charge in [0.2, 0.25) is 9.84 Å². The Hall–Kier alpha value is -1.88. The maximum Gasteiger partial charge on any atom is 0.210 e. The Kier molecular flexibility index (Phi) is 6.37. The minimum atomic E-state index is -3.77. The number of allylic oxidation sites excluding steroid dienone is 3. The van der Waals surface area contributed by atoms with E-state index in [1.807, 2.05) is 18.7 Å². The van der Waals surface area contributed by atoms with Crippen molar-refractivity contribution in [2.75, 3.05) is 13.1 Å². The third-order valence-corrected chi connectivity index (χ3v) is 4.94. The number of carbonyl (C=O) groups excluding carboxylic acids is 1. The van der Waals surface area contributed by atoms with E-state index in [0.717, 1.165) is 13.1 Å². The van der Waals surface area contributed by atoms with Gasteiger partial charge in [0.1, 0.15) is 4.91 Å². The third kappa shape index (κ3) is 4.56. The number of sulfone groups is 1. The highest BCUT2D eigenvalue weighted by Gasteiger charge is 2.23. The van der Waals surface area contributed by atoms with Gasteiger partial charge >= 0.3 is 0 Å². The lowest BCUT2D eigenvalue weighted by atomic mass is 10.3. The van der Waals surface area contributed by atoms with Crippen molar-refractivity contribution in [2.45, 2.75) is 25.7 Å². The van der Waals surface area contributed by atoms with Gasteiger partial charge in [-0.05, 0) is 51.3 Å². The van der Waals surface area contributed by atoms with Crippen LogP contribution in [0.25, 0.3) is 0 Å². The highest BCUT2D eigenvalue weighted by atomic mass is 32.2. The number of benzene rings is 1. The van der Waals surface area contributed by atoms with Crippen molar-refractivity contribution in [3.05, 3.63) is 53.6 Å². The zero-order valence-corrected chi connectivity index (χ0v) is 13.4. The molecule has 0 amide bonds. The topological polar surface area (TPSA) is 54.5 Å². The molecule has 0 aliphatic carbocycles. The smallest absolute Gasteiger partial charge is 0.210 e. The molecule has 21 heavy (non-hydrogen) atoms. The van der Waals surface area contributed by atoms with Crippen LogP contribution in [0.5, 0.6) is 0 Å². The molecular weight excluding hydrogens is 286 g/mol. The Morgan fingerprint density at radius 1 is 1.14 bits per heavy atom. The van der Waals surface area contributed by atoms with Crippen LogP contribution >= 0.6 is 0 Å². The van der Waals surface area contributed by atoms with Gasteiger partial charge < -0.3 is 4.90 Å². The standard InChI is InChI=1S/C16H21NO3S/c1-4-17(5-2)13-9-12-16(14(3)18)21(19,20)15-10-7-6-8-11-15/h6-13H,4-5H2,1-3H3/b13-9+,16-12-. The van der Waals surface area contributed by atoms with Gasteiger partial charge in [0, 0.05) is 13.1 Å². The summed E-state index contributed by atoms with van der Waals surface area (Å²) in [7, 11) is -3.77. The second-order valence-electron chi connectivity index (χ2n) is 4.47. The number of nitrogens with zero attached hydrogens (tertiary/aromatic N) is 1. The summed E-state index contributed by atoms with van der Waals surface area (Å²) in [5.74, 6) is -0.469. The Labute approximate surface area is 126 Å². The normalized spacial score (nSPS) is 12.6. The summed E-state index contributed by atoms with van der Waals surface area (Å²) >= 11 is 0. The Balaban J connectivity index is 3.16. The van der Waals surface area contributed by atoms with Gasteiger partial charge in [-0.25, -0.2) is 8.42 Å². The monoisotopic (exact) mass is 307 g/mol. The fraction of sp³-hybridized carbons (Fsp3) is 0.312. The first kappa shape index (κ1) is 17.2. The van der Waals surface area contributed by atoms with Crippen LogP contribution in [0.15, 0.2) is 58.5 Å². The molecular formula is C16H21NO3S. The molecule has 0 aliphatic heterocycles. The molecule has 0 saturated carbocycles. The van der Waals surface area contributed by atoms with Crippen molar-refractivity contribution in [3.8, 4) is 0 Å². The molecule has 0 radical (unpaired) electrons. The maximum atomic E-state index is 12.5. The van der Waals surface area contributed by atoms with E-state index in [-0.39, 0.29) is 9.80 Å². The molecule has 1 rings (SSSR count). The van der Waals surface area contributed by atoms with Crippen molar-refractivity contribution in [3.63, 3.8) is 0 Å². The highest BCUT2D eigenvalue weighted by Crippen LogP contribution is 2.19. The molecule has 0 heterocycles. The molecule has 1 aromatic rings. The molecule has 0 aliphatic rings. The lowest BCUT2D eigenvalue weighted by molar-refractivity contribution is -0.113. The van der Waals surface area contributed by atoms with Gasteiger partial charge in [-0.1, -0.05) is 18.2 Å². The summed E-state index contributed by atoms with van der Waals surface area (Å²) in [6.07, 6.45) is 4.75. The minimum Gasteiger partial charge on any atom is -0.378 e. The van der Waals surface area contributed by atoms with Crippen LogP contribution < -0.4 is 0 Å². The number of rotatable bonds is 7. The predicted molar refractivity (Wildman–Crippen MR) is 84.5 cm³/mol. The zero-order valence-electron chi connectivity index (χ0n) is 12.6. The van der Waals surface area contributed by atoms with E-state index >= 15 is 0 Å². The number of hydrogen-bond donors (Lipinski definition) is 0. The first-order valence-corrected chi connectivity index (χ1v) is 8.35. The molecule has 0 unspecified atom stereocenters. The summed E-state index contributed by atoms with van der Waals surface area (Å²) in [6.45, 7) is 6.91. The second kappa shape index (κ2) is 7.78. The van der Waals surface area contributed by atoms with Crippen molar-refractivity contribution in [2.24, 2.45) is 0 Å². The summed E-state index contributed by atoms with van der Waals surface area (Å²) in [4.78, 5) is 13.6. The quantitative estimate of drug-likeness (QED) is 0.574. The van der Waals surface area contributed by atoms with Gasteiger partial charge in [0.05, 0.1) is 4.90 Å². The van der Waals surface area contributed by atoms with Crippen LogP contribution in [0.3, 0.4) is 0 Å². The maximum absolute atomic E-state index is 12.5. The predicted octanol–water partition coefficient (Wildman–Crippen LogP) is 2.79. The molecule has 0 saturated heterocycles. The van der Waals surface area contributed by atoms with Crippen molar-refractivity contribution < 1.29 is 13.2 Å². The molecule has 0 bridgehead atoms. The molecule has 4 nitrogen and oxygen atoms in total. The lowest BCUT2D eigenvalue weighted by Gasteiger charge is -2.14. The SMILES string of the molecule is CCN(/C=C/C=C(/C(C)=O)S(=O)(=O)c1ccccc1)CC. The zero-order chi connectivity index (χ0) is 15.9. The van der Waals surface area contributed by atoms with Crippen LogP contribution in [0.2, 0.25) is 0 Å². The minimum absolute atomic E-state index is 0.127. The van der Waals surface area contributed by atoms with Crippen LogP contribution in [-0.4, -0.2) is 32.2 Å². The van der Waals surface area contributed by atoms with E-state index in [0.29, 0.717) is 0 Å². The summed E-state index contributed by atoms with van der Waals surface area (Å²) < 4.78 is 24.9. The molecule has 0 fully saturated rings. The van der Waals surface area contributed by atoms with Gasteiger partial charge in [-0.15, -0.1) is 0 Å². The van der Waals surface area contributed by atoms with E-state index < -0.39 is 15.6 Å². The first-order chi connectivity index (χ1) is 9.93. The molecule has 5 heteroatoms. The van der Waals surface area contributed by atoms with Gasteiger partial charge in [0.15, 0.2) is 5.78 Å². The molecule has 114 valence electrons. The molecule has 0 N–H and O–H groups in total. The number of carbonyl (C=O) groups is 1. The fourth-order valence-corrected chi connectivity index (χ4v) is 3.21. The van der Waals surface area contributed by atoms with E-state index in [9.17, 15) is 13.2 Å². The van der Waals surface area contributed by atoms with E-state index in [4.69, 9.17) is 0 Å². The van der Waals surface area contributed by atoms with Crippen LogP contribution in [-0.2, 0) is 14.6 Å².